The zero-order valence-corrected chi connectivity index (χ0v) is 12.5. The smallest absolute Gasteiger partial charge is 0.253 e. The summed E-state index contributed by atoms with van der Waals surface area (Å²) in [6.45, 7) is 5.04. The molecular formula is C16H21FN2O3. The largest absolute Gasteiger partial charge is 0.396 e. The highest BCUT2D eigenvalue weighted by Gasteiger charge is 2.40. The minimum absolute atomic E-state index is 0.0523. The Balaban J connectivity index is 1.53. The van der Waals surface area contributed by atoms with Crippen LogP contribution in [-0.4, -0.2) is 73.4 Å². The van der Waals surface area contributed by atoms with Gasteiger partial charge < -0.3 is 14.7 Å². The van der Waals surface area contributed by atoms with Gasteiger partial charge in [0.05, 0.1) is 25.2 Å². The van der Waals surface area contributed by atoms with Gasteiger partial charge in [-0.1, -0.05) is 0 Å². The first-order valence-corrected chi connectivity index (χ1v) is 7.58. The Morgan fingerprint density at radius 1 is 1.18 bits per heavy atom. The number of carbonyl (C=O) groups excluding carboxylic acids is 1. The maximum atomic E-state index is 12.9. The highest BCUT2D eigenvalue weighted by atomic mass is 19.1. The Kier molecular flexibility index (Phi) is 4.42. The van der Waals surface area contributed by atoms with Gasteiger partial charge in [0.25, 0.3) is 5.91 Å². The highest BCUT2D eigenvalue weighted by molar-refractivity contribution is 5.94. The van der Waals surface area contributed by atoms with Crippen LogP contribution in [0.25, 0.3) is 0 Å². The van der Waals surface area contributed by atoms with Crippen LogP contribution in [0.1, 0.15) is 10.4 Å². The summed E-state index contributed by atoms with van der Waals surface area (Å²) in [4.78, 5) is 16.4. The molecule has 1 N–H and O–H groups in total. The molecule has 0 spiro atoms. The average molecular weight is 308 g/mol. The maximum Gasteiger partial charge on any atom is 0.253 e. The van der Waals surface area contributed by atoms with Crippen LogP contribution in [0.3, 0.4) is 0 Å². The fourth-order valence-corrected chi connectivity index (χ4v) is 2.98. The summed E-state index contributed by atoms with van der Waals surface area (Å²) < 4.78 is 18.1. The molecule has 3 rings (SSSR count). The van der Waals surface area contributed by atoms with E-state index in [-0.39, 0.29) is 23.7 Å². The molecule has 1 aromatic rings. The van der Waals surface area contributed by atoms with Crippen LogP contribution >= 0.6 is 0 Å². The van der Waals surface area contributed by atoms with E-state index in [2.05, 4.69) is 4.90 Å². The number of aliphatic hydroxyl groups is 1. The minimum atomic E-state index is -0.335. The van der Waals surface area contributed by atoms with Crippen molar-refractivity contribution in [3.05, 3.63) is 35.6 Å². The Morgan fingerprint density at radius 2 is 1.82 bits per heavy atom. The van der Waals surface area contributed by atoms with Crippen LogP contribution in [0, 0.1) is 11.2 Å². The van der Waals surface area contributed by atoms with Gasteiger partial charge in [-0.15, -0.1) is 0 Å². The molecule has 2 saturated heterocycles. The molecule has 120 valence electrons. The van der Waals surface area contributed by atoms with Gasteiger partial charge in [0, 0.05) is 38.3 Å². The van der Waals surface area contributed by atoms with Gasteiger partial charge >= 0.3 is 0 Å². The number of nitrogens with zero attached hydrogens (tertiary/aromatic N) is 2. The molecule has 1 aromatic carbocycles. The molecule has 22 heavy (non-hydrogen) atoms. The standard InChI is InChI=1S/C16H21FN2O3/c17-14-3-1-13(2-4-14)15(21)19-7-5-18(6-8-19)9-16(10-20)11-22-12-16/h1-4,20H,5-12H2. The molecule has 1 amide bonds. The normalized spacial score (nSPS) is 21.5. The summed E-state index contributed by atoms with van der Waals surface area (Å²) >= 11 is 0. The molecule has 0 aromatic heterocycles. The zero-order chi connectivity index (χ0) is 15.6. The molecule has 0 saturated carbocycles. The summed E-state index contributed by atoms with van der Waals surface area (Å²) in [7, 11) is 0. The molecule has 2 heterocycles. The van der Waals surface area contributed by atoms with Gasteiger partial charge in [-0.25, -0.2) is 4.39 Å². The molecule has 0 radical (unpaired) electrons. The van der Waals surface area contributed by atoms with Crippen molar-refractivity contribution in [2.45, 2.75) is 0 Å². The summed E-state index contributed by atoms with van der Waals surface area (Å²) in [6, 6.07) is 5.67. The number of hydrogen-bond acceptors (Lipinski definition) is 4. The van der Waals surface area contributed by atoms with Crippen LogP contribution in [0.2, 0.25) is 0 Å². The number of piperazine rings is 1. The number of aliphatic hydroxyl groups excluding tert-OH is 1. The number of carbonyl (C=O) groups is 1. The predicted molar refractivity (Wildman–Crippen MR) is 79.1 cm³/mol. The number of halogens is 1. The summed E-state index contributed by atoms with van der Waals surface area (Å²) in [6.07, 6.45) is 0. The third-order valence-corrected chi connectivity index (χ3v) is 4.46. The number of rotatable bonds is 4. The van der Waals surface area contributed by atoms with Crippen molar-refractivity contribution in [2.75, 3.05) is 52.5 Å². The average Bonchev–Trinajstić information content (AvgIpc) is 2.52. The summed E-state index contributed by atoms with van der Waals surface area (Å²) in [5, 5.41) is 9.48. The zero-order valence-electron chi connectivity index (χ0n) is 12.5. The molecule has 0 bridgehead atoms. The van der Waals surface area contributed by atoms with E-state index in [1.165, 1.54) is 24.3 Å². The van der Waals surface area contributed by atoms with Crippen LogP contribution in [0.4, 0.5) is 4.39 Å². The van der Waals surface area contributed by atoms with E-state index >= 15 is 0 Å². The van der Waals surface area contributed by atoms with E-state index in [9.17, 15) is 14.3 Å². The molecule has 6 heteroatoms. The van der Waals surface area contributed by atoms with E-state index < -0.39 is 0 Å². The first-order valence-electron chi connectivity index (χ1n) is 7.58. The fraction of sp³-hybridized carbons (Fsp3) is 0.562. The van der Waals surface area contributed by atoms with Gasteiger partial charge in [-0.2, -0.15) is 0 Å². The van der Waals surface area contributed by atoms with Gasteiger partial charge in [0.15, 0.2) is 0 Å². The van der Waals surface area contributed by atoms with Gasteiger partial charge in [-0.05, 0) is 24.3 Å². The Morgan fingerprint density at radius 3 is 2.32 bits per heavy atom. The van der Waals surface area contributed by atoms with Crippen LogP contribution in [-0.2, 0) is 4.74 Å². The first kappa shape index (κ1) is 15.4. The molecule has 2 aliphatic rings. The van der Waals surface area contributed by atoms with Gasteiger partial charge in [0.1, 0.15) is 5.82 Å². The van der Waals surface area contributed by atoms with Crippen molar-refractivity contribution < 1.29 is 19.0 Å². The third kappa shape index (κ3) is 3.14. The molecule has 0 atom stereocenters. The lowest BCUT2D eigenvalue weighted by molar-refractivity contribution is -0.150. The number of hydrogen-bond donors (Lipinski definition) is 1. The SMILES string of the molecule is O=C(c1ccc(F)cc1)N1CCN(CC2(CO)COC2)CC1. The van der Waals surface area contributed by atoms with Crippen LogP contribution < -0.4 is 0 Å². The number of benzene rings is 1. The Labute approximate surface area is 129 Å². The van der Waals surface area contributed by atoms with Crippen LogP contribution in [0.15, 0.2) is 24.3 Å². The topological polar surface area (TPSA) is 53.0 Å². The molecule has 5 nitrogen and oxygen atoms in total. The highest BCUT2D eigenvalue weighted by Crippen LogP contribution is 2.28. The van der Waals surface area contributed by atoms with Crippen molar-refractivity contribution in [3.63, 3.8) is 0 Å². The molecule has 0 unspecified atom stereocenters. The monoisotopic (exact) mass is 308 g/mol. The third-order valence-electron chi connectivity index (χ3n) is 4.46. The molecule has 0 aliphatic carbocycles. The van der Waals surface area contributed by atoms with E-state index in [0.29, 0.717) is 31.9 Å². The number of ether oxygens (including phenoxy) is 1. The van der Waals surface area contributed by atoms with Crippen molar-refractivity contribution in [3.8, 4) is 0 Å². The molecular weight excluding hydrogens is 287 g/mol. The van der Waals surface area contributed by atoms with E-state index in [1.54, 1.807) is 4.90 Å². The van der Waals surface area contributed by atoms with Gasteiger partial charge in [-0.3, -0.25) is 9.69 Å². The second kappa shape index (κ2) is 6.32. The van der Waals surface area contributed by atoms with Crippen molar-refractivity contribution in [1.82, 2.24) is 9.80 Å². The number of amides is 1. The molecule has 2 fully saturated rings. The lowest BCUT2D eigenvalue weighted by Gasteiger charge is -2.45. The van der Waals surface area contributed by atoms with Crippen molar-refractivity contribution >= 4 is 5.91 Å². The van der Waals surface area contributed by atoms with Crippen molar-refractivity contribution in [1.29, 1.82) is 0 Å². The fourth-order valence-electron chi connectivity index (χ4n) is 2.98. The Hall–Kier alpha value is -1.50. The van der Waals surface area contributed by atoms with Crippen molar-refractivity contribution in [2.24, 2.45) is 5.41 Å². The lowest BCUT2D eigenvalue weighted by Crippen LogP contribution is -2.57. The second-order valence-corrected chi connectivity index (χ2v) is 6.23. The predicted octanol–water partition coefficient (Wildman–Crippen LogP) is 0.592. The quantitative estimate of drug-likeness (QED) is 0.885. The van der Waals surface area contributed by atoms with E-state index in [0.717, 1.165) is 19.6 Å². The van der Waals surface area contributed by atoms with Gasteiger partial charge in [0.2, 0.25) is 0 Å². The van der Waals surface area contributed by atoms with E-state index in [1.807, 2.05) is 0 Å². The van der Waals surface area contributed by atoms with E-state index in [4.69, 9.17) is 4.74 Å². The Bertz CT molecular complexity index is 517. The van der Waals surface area contributed by atoms with Crippen LogP contribution in [0.5, 0.6) is 0 Å². The lowest BCUT2D eigenvalue weighted by atomic mass is 9.86. The minimum Gasteiger partial charge on any atom is -0.396 e. The first-order chi connectivity index (χ1) is 10.6. The summed E-state index contributed by atoms with van der Waals surface area (Å²) in [5.41, 5.74) is 0.400. The second-order valence-electron chi connectivity index (χ2n) is 6.23. The maximum absolute atomic E-state index is 12.9. The summed E-state index contributed by atoms with van der Waals surface area (Å²) in [5.74, 6) is -0.387. The molecule has 2 aliphatic heterocycles.